The third-order valence-corrected chi connectivity index (χ3v) is 6.76. The van der Waals surface area contributed by atoms with E-state index in [9.17, 15) is 19.7 Å². The number of ether oxygens (including phenoxy) is 2. The highest BCUT2D eigenvalue weighted by atomic mass is 79.9. The Bertz CT molecular complexity index is 1310. The molecule has 1 heterocycles. The van der Waals surface area contributed by atoms with Crippen molar-refractivity contribution in [2.24, 2.45) is 0 Å². The van der Waals surface area contributed by atoms with Crippen molar-refractivity contribution in [2.45, 2.75) is 13.2 Å². The summed E-state index contributed by atoms with van der Waals surface area (Å²) < 4.78 is 12.0. The minimum atomic E-state index is -0.458. The summed E-state index contributed by atoms with van der Waals surface area (Å²) in [5.74, 6) is 0.533. The molecular formula is C25H19BrN2O6S. The number of nitro benzene ring substituents is 1. The van der Waals surface area contributed by atoms with E-state index in [1.807, 2.05) is 30.3 Å². The highest BCUT2D eigenvalue weighted by Gasteiger charge is 2.35. The van der Waals surface area contributed by atoms with Gasteiger partial charge in [-0.15, -0.1) is 0 Å². The molecule has 0 spiro atoms. The number of hydrogen-bond donors (Lipinski definition) is 0. The van der Waals surface area contributed by atoms with Gasteiger partial charge >= 0.3 is 0 Å². The number of methoxy groups -OCH3 is 1. The Hall–Kier alpha value is -3.63. The summed E-state index contributed by atoms with van der Waals surface area (Å²) in [6, 6.07) is 18.8. The first-order chi connectivity index (χ1) is 16.9. The number of imide groups is 1. The second-order valence-electron chi connectivity index (χ2n) is 7.49. The van der Waals surface area contributed by atoms with Crippen molar-refractivity contribution in [2.75, 3.05) is 7.11 Å². The third-order valence-electron chi connectivity index (χ3n) is 5.17. The van der Waals surface area contributed by atoms with Crippen molar-refractivity contribution < 1.29 is 24.0 Å². The number of non-ortho nitro benzene ring substituents is 1. The van der Waals surface area contributed by atoms with Crippen molar-refractivity contribution in [3.05, 3.63) is 103 Å². The SMILES string of the molecule is COc1cc(/C=C2/SC(=O)N(Cc3ccccc3)C2=O)c(Br)cc1OCc1ccc([N+](=O)[O-])cc1. The van der Waals surface area contributed by atoms with Crippen LogP contribution in [0.15, 0.2) is 76.1 Å². The van der Waals surface area contributed by atoms with Crippen LogP contribution in [0.4, 0.5) is 10.5 Å². The molecule has 0 saturated carbocycles. The lowest BCUT2D eigenvalue weighted by Gasteiger charge is -2.13. The van der Waals surface area contributed by atoms with E-state index in [0.29, 0.717) is 26.4 Å². The average Bonchev–Trinajstić information content (AvgIpc) is 3.12. The second kappa shape index (κ2) is 10.7. The molecule has 35 heavy (non-hydrogen) atoms. The van der Waals surface area contributed by atoms with Gasteiger partial charge in [0.1, 0.15) is 6.61 Å². The number of carbonyl (C=O) groups excluding carboxylic acids is 2. The molecule has 0 atom stereocenters. The highest BCUT2D eigenvalue weighted by Crippen LogP contribution is 2.38. The maximum absolute atomic E-state index is 12.9. The van der Waals surface area contributed by atoms with Gasteiger partial charge in [-0.2, -0.15) is 0 Å². The van der Waals surface area contributed by atoms with Crippen LogP contribution in [0.1, 0.15) is 16.7 Å². The molecule has 10 heteroatoms. The number of hydrogen-bond acceptors (Lipinski definition) is 7. The summed E-state index contributed by atoms with van der Waals surface area (Å²) in [4.78, 5) is 37.2. The normalized spacial score (nSPS) is 14.5. The zero-order valence-electron chi connectivity index (χ0n) is 18.5. The van der Waals surface area contributed by atoms with E-state index >= 15 is 0 Å². The van der Waals surface area contributed by atoms with E-state index in [2.05, 4.69) is 15.9 Å². The van der Waals surface area contributed by atoms with Crippen LogP contribution in [0.2, 0.25) is 0 Å². The Morgan fingerprint density at radius 3 is 2.40 bits per heavy atom. The molecule has 3 aromatic carbocycles. The summed E-state index contributed by atoms with van der Waals surface area (Å²) >= 11 is 4.39. The Kier molecular flexibility index (Phi) is 7.52. The number of benzene rings is 3. The smallest absolute Gasteiger partial charge is 0.293 e. The van der Waals surface area contributed by atoms with Gasteiger partial charge in [-0.3, -0.25) is 24.6 Å². The van der Waals surface area contributed by atoms with Gasteiger partial charge in [-0.25, -0.2) is 0 Å². The molecule has 0 radical (unpaired) electrons. The van der Waals surface area contributed by atoms with Gasteiger partial charge in [0.25, 0.3) is 16.8 Å². The maximum Gasteiger partial charge on any atom is 0.293 e. The summed E-state index contributed by atoms with van der Waals surface area (Å²) in [6.45, 7) is 0.390. The van der Waals surface area contributed by atoms with Gasteiger partial charge in [0.05, 0.1) is 23.5 Å². The van der Waals surface area contributed by atoms with Crippen LogP contribution in [0.25, 0.3) is 6.08 Å². The van der Waals surface area contributed by atoms with Crippen molar-refractivity contribution >= 4 is 50.6 Å². The molecule has 1 fully saturated rings. The average molecular weight is 555 g/mol. The van der Waals surface area contributed by atoms with Crippen molar-refractivity contribution in [1.82, 2.24) is 4.90 Å². The summed E-state index contributed by atoms with van der Waals surface area (Å²) in [7, 11) is 1.50. The number of amides is 2. The number of thioether (sulfide) groups is 1. The van der Waals surface area contributed by atoms with Crippen molar-refractivity contribution in [3.63, 3.8) is 0 Å². The van der Waals surface area contributed by atoms with Crippen molar-refractivity contribution in [3.8, 4) is 11.5 Å². The van der Waals surface area contributed by atoms with E-state index in [1.54, 1.807) is 30.3 Å². The molecule has 0 bridgehead atoms. The number of nitro groups is 1. The molecule has 2 amide bonds. The van der Waals surface area contributed by atoms with Crippen LogP contribution in [0.3, 0.4) is 0 Å². The van der Waals surface area contributed by atoms with Crippen LogP contribution in [0.5, 0.6) is 11.5 Å². The zero-order valence-corrected chi connectivity index (χ0v) is 20.9. The van der Waals surface area contributed by atoms with Gasteiger partial charge in [-0.05, 0) is 58.8 Å². The maximum atomic E-state index is 12.9. The van der Waals surface area contributed by atoms with Gasteiger partial charge in [0.15, 0.2) is 11.5 Å². The molecule has 1 saturated heterocycles. The minimum absolute atomic E-state index is 0.00612. The van der Waals surface area contributed by atoms with E-state index in [4.69, 9.17) is 9.47 Å². The number of halogens is 1. The predicted octanol–water partition coefficient (Wildman–Crippen LogP) is 6.18. The molecule has 0 aliphatic carbocycles. The first kappa shape index (κ1) is 24.5. The van der Waals surface area contributed by atoms with Crippen LogP contribution in [-0.2, 0) is 17.9 Å². The Morgan fingerprint density at radius 2 is 1.74 bits per heavy atom. The fraction of sp³-hybridized carbons (Fsp3) is 0.120. The van der Waals surface area contributed by atoms with Crippen LogP contribution < -0.4 is 9.47 Å². The summed E-state index contributed by atoms with van der Waals surface area (Å²) in [6.07, 6.45) is 1.64. The largest absolute Gasteiger partial charge is 0.493 e. The minimum Gasteiger partial charge on any atom is -0.493 e. The molecule has 8 nitrogen and oxygen atoms in total. The third kappa shape index (κ3) is 5.72. The van der Waals surface area contributed by atoms with Crippen molar-refractivity contribution in [1.29, 1.82) is 0 Å². The van der Waals surface area contributed by atoms with E-state index in [-0.39, 0.29) is 30.0 Å². The summed E-state index contributed by atoms with van der Waals surface area (Å²) in [5, 5.41) is 10.5. The zero-order chi connectivity index (χ0) is 24.9. The standard InChI is InChI=1S/C25H19BrN2O6S/c1-33-21-11-18(12-23-24(29)27(25(30)35-23)14-16-5-3-2-4-6-16)20(26)13-22(21)34-15-17-7-9-19(10-8-17)28(31)32/h2-13H,14-15H2,1H3/b23-12+. The molecule has 4 rings (SSSR count). The topological polar surface area (TPSA) is 99.0 Å². The molecule has 3 aromatic rings. The fourth-order valence-corrected chi connectivity index (χ4v) is 4.62. The molecule has 1 aliphatic heterocycles. The molecule has 0 N–H and O–H groups in total. The molecule has 0 unspecified atom stereocenters. The molecular weight excluding hydrogens is 536 g/mol. The fourth-order valence-electron chi connectivity index (χ4n) is 3.35. The van der Waals surface area contributed by atoms with Crippen LogP contribution in [-0.4, -0.2) is 28.1 Å². The van der Waals surface area contributed by atoms with Crippen LogP contribution in [0, 0.1) is 10.1 Å². The number of carbonyl (C=O) groups is 2. The number of nitrogens with zero attached hydrogens (tertiary/aromatic N) is 2. The Balaban J connectivity index is 1.51. The Labute approximate surface area is 213 Å². The lowest BCUT2D eigenvalue weighted by molar-refractivity contribution is -0.384. The predicted molar refractivity (Wildman–Crippen MR) is 136 cm³/mol. The quantitative estimate of drug-likeness (QED) is 0.186. The molecule has 0 aromatic heterocycles. The van der Waals surface area contributed by atoms with Gasteiger partial charge < -0.3 is 9.47 Å². The van der Waals surface area contributed by atoms with E-state index in [1.165, 1.54) is 24.1 Å². The number of rotatable bonds is 8. The van der Waals surface area contributed by atoms with Gasteiger partial charge in [-0.1, -0.05) is 46.3 Å². The molecule has 1 aliphatic rings. The highest BCUT2D eigenvalue weighted by molar-refractivity contribution is 9.10. The van der Waals surface area contributed by atoms with E-state index in [0.717, 1.165) is 22.9 Å². The molecule has 178 valence electrons. The monoisotopic (exact) mass is 554 g/mol. The summed E-state index contributed by atoms with van der Waals surface area (Å²) in [5.41, 5.74) is 2.28. The van der Waals surface area contributed by atoms with Gasteiger partial charge in [0.2, 0.25) is 0 Å². The van der Waals surface area contributed by atoms with Crippen LogP contribution >= 0.6 is 27.7 Å². The lowest BCUT2D eigenvalue weighted by atomic mass is 10.1. The Morgan fingerprint density at radius 1 is 1.03 bits per heavy atom. The van der Waals surface area contributed by atoms with E-state index < -0.39 is 4.92 Å². The lowest BCUT2D eigenvalue weighted by Crippen LogP contribution is -2.27. The first-order valence-electron chi connectivity index (χ1n) is 10.4. The second-order valence-corrected chi connectivity index (χ2v) is 9.34. The first-order valence-corrected chi connectivity index (χ1v) is 12.0. The van der Waals surface area contributed by atoms with Gasteiger partial charge in [0, 0.05) is 16.6 Å².